The summed E-state index contributed by atoms with van der Waals surface area (Å²) in [5.41, 5.74) is 4.63. The van der Waals surface area contributed by atoms with Crippen LogP contribution in [0.3, 0.4) is 0 Å². The van der Waals surface area contributed by atoms with E-state index in [9.17, 15) is 0 Å². The molecular formula is C15H15ClN4. The van der Waals surface area contributed by atoms with Crippen molar-refractivity contribution < 1.29 is 0 Å². The highest BCUT2D eigenvalue weighted by atomic mass is 35.5. The van der Waals surface area contributed by atoms with Gasteiger partial charge in [0.05, 0.1) is 34.5 Å². The summed E-state index contributed by atoms with van der Waals surface area (Å²) in [4.78, 5) is 13.5. The molecule has 0 unspecified atom stereocenters. The van der Waals surface area contributed by atoms with Crippen LogP contribution < -0.4 is 0 Å². The molecule has 20 heavy (non-hydrogen) atoms. The van der Waals surface area contributed by atoms with Crippen LogP contribution in [-0.4, -0.2) is 19.5 Å². The van der Waals surface area contributed by atoms with Gasteiger partial charge < -0.3 is 4.57 Å². The van der Waals surface area contributed by atoms with E-state index in [4.69, 9.17) is 11.6 Å². The van der Waals surface area contributed by atoms with Gasteiger partial charge in [0, 0.05) is 7.05 Å². The molecule has 0 aliphatic carbocycles. The third-order valence-corrected chi connectivity index (χ3v) is 3.84. The van der Waals surface area contributed by atoms with E-state index in [2.05, 4.69) is 25.6 Å². The molecule has 0 fully saturated rings. The van der Waals surface area contributed by atoms with Crippen LogP contribution in [-0.2, 0) is 13.5 Å². The maximum absolute atomic E-state index is 6.19. The van der Waals surface area contributed by atoms with Gasteiger partial charge in [-0.2, -0.15) is 0 Å². The first kappa shape index (κ1) is 13.1. The van der Waals surface area contributed by atoms with Crippen LogP contribution in [0.4, 0.5) is 0 Å². The molecule has 0 radical (unpaired) electrons. The van der Waals surface area contributed by atoms with Crippen molar-refractivity contribution >= 4 is 22.6 Å². The summed E-state index contributed by atoms with van der Waals surface area (Å²) in [6, 6.07) is 8.06. The van der Waals surface area contributed by atoms with Gasteiger partial charge in [-0.05, 0) is 26.0 Å². The molecule has 0 bridgehead atoms. The van der Waals surface area contributed by atoms with E-state index in [1.54, 1.807) is 0 Å². The molecule has 1 aromatic carbocycles. The molecule has 0 saturated carbocycles. The Hall–Kier alpha value is -1.94. The van der Waals surface area contributed by atoms with Crippen LogP contribution in [0.2, 0.25) is 5.15 Å². The van der Waals surface area contributed by atoms with Crippen molar-refractivity contribution in [2.24, 2.45) is 7.05 Å². The number of hydrogen-bond acceptors (Lipinski definition) is 3. The molecule has 3 rings (SSSR count). The Balaban J connectivity index is 2.05. The summed E-state index contributed by atoms with van der Waals surface area (Å²) >= 11 is 6.19. The third-order valence-electron chi connectivity index (χ3n) is 3.54. The Morgan fingerprint density at radius 3 is 2.50 bits per heavy atom. The molecule has 0 aliphatic heterocycles. The van der Waals surface area contributed by atoms with E-state index < -0.39 is 0 Å². The van der Waals surface area contributed by atoms with Crippen molar-refractivity contribution in [1.82, 2.24) is 19.5 Å². The molecular weight excluding hydrogens is 272 g/mol. The fourth-order valence-electron chi connectivity index (χ4n) is 2.24. The third kappa shape index (κ3) is 2.16. The van der Waals surface area contributed by atoms with Crippen molar-refractivity contribution in [2.45, 2.75) is 20.3 Å². The second-order valence-electron chi connectivity index (χ2n) is 4.88. The van der Waals surface area contributed by atoms with Crippen LogP contribution in [0.15, 0.2) is 24.3 Å². The van der Waals surface area contributed by atoms with Crippen molar-refractivity contribution in [1.29, 1.82) is 0 Å². The van der Waals surface area contributed by atoms with Gasteiger partial charge >= 0.3 is 0 Å². The number of fused-ring (bicyclic) bond motifs is 1. The first-order valence-corrected chi connectivity index (χ1v) is 6.84. The minimum Gasteiger partial charge on any atom is -0.331 e. The van der Waals surface area contributed by atoms with E-state index in [1.807, 2.05) is 39.1 Å². The number of benzene rings is 1. The van der Waals surface area contributed by atoms with Crippen molar-refractivity contribution in [3.63, 3.8) is 0 Å². The van der Waals surface area contributed by atoms with Crippen LogP contribution in [0.25, 0.3) is 11.0 Å². The number of aryl methyl sites for hydroxylation is 3. The molecule has 4 nitrogen and oxygen atoms in total. The Morgan fingerprint density at radius 1 is 1.05 bits per heavy atom. The van der Waals surface area contributed by atoms with Crippen LogP contribution >= 0.6 is 11.6 Å². The lowest BCUT2D eigenvalue weighted by Crippen LogP contribution is -2.05. The van der Waals surface area contributed by atoms with Gasteiger partial charge in [-0.1, -0.05) is 23.7 Å². The van der Waals surface area contributed by atoms with E-state index >= 15 is 0 Å². The smallest absolute Gasteiger partial charge is 0.151 e. The Bertz CT molecular complexity index is 792. The zero-order valence-electron chi connectivity index (χ0n) is 11.7. The molecule has 2 heterocycles. The highest BCUT2D eigenvalue weighted by Gasteiger charge is 2.13. The average molecular weight is 287 g/mol. The predicted molar refractivity (Wildman–Crippen MR) is 80.0 cm³/mol. The van der Waals surface area contributed by atoms with E-state index in [0.29, 0.717) is 11.6 Å². The summed E-state index contributed by atoms with van der Waals surface area (Å²) in [6.07, 6.45) is 0.581. The number of halogens is 1. The zero-order valence-corrected chi connectivity index (χ0v) is 12.4. The monoisotopic (exact) mass is 286 g/mol. The second-order valence-corrected chi connectivity index (χ2v) is 5.24. The largest absolute Gasteiger partial charge is 0.331 e. The molecule has 0 atom stereocenters. The number of para-hydroxylation sites is 2. The normalized spacial score (nSPS) is 11.2. The lowest BCUT2D eigenvalue weighted by Gasteiger charge is -2.06. The van der Waals surface area contributed by atoms with E-state index in [1.165, 1.54) is 0 Å². The average Bonchev–Trinajstić information content (AvgIpc) is 2.73. The minimum absolute atomic E-state index is 0.458. The van der Waals surface area contributed by atoms with E-state index in [0.717, 1.165) is 33.9 Å². The molecule has 2 aromatic heterocycles. The Labute approximate surface area is 122 Å². The SMILES string of the molecule is Cc1nc(Cl)c(Cc2nc3ccccc3n2C)nc1C. The minimum atomic E-state index is 0.458. The van der Waals surface area contributed by atoms with Gasteiger partial charge in [-0.3, -0.25) is 4.98 Å². The molecule has 0 saturated heterocycles. The number of hydrogen-bond donors (Lipinski definition) is 0. The fourth-order valence-corrected chi connectivity index (χ4v) is 2.47. The molecule has 102 valence electrons. The van der Waals surface area contributed by atoms with Crippen LogP contribution in [0.1, 0.15) is 22.9 Å². The maximum atomic E-state index is 6.19. The molecule has 0 amide bonds. The molecule has 0 N–H and O–H groups in total. The summed E-state index contributed by atoms with van der Waals surface area (Å²) in [7, 11) is 2.01. The quantitative estimate of drug-likeness (QED) is 0.726. The topological polar surface area (TPSA) is 43.6 Å². The van der Waals surface area contributed by atoms with E-state index in [-0.39, 0.29) is 0 Å². The number of nitrogens with zero attached hydrogens (tertiary/aromatic N) is 4. The standard InChI is InChI=1S/C15H15ClN4/c1-9-10(2)18-15(16)12(17-9)8-14-19-11-6-4-5-7-13(11)20(14)3/h4-7H,8H2,1-3H3. The van der Waals surface area contributed by atoms with Gasteiger partial charge in [-0.15, -0.1) is 0 Å². The number of imidazole rings is 1. The van der Waals surface area contributed by atoms with Crippen molar-refractivity contribution in [3.05, 3.63) is 52.3 Å². The highest BCUT2D eigenvalue weighted by Crippen LogP contribution is 2.20. The molecule has 0 spiro atoms. The van der Waals surface area contributed by atoms with Gasteiger partial charge in [0.25, 0.3) is 0 Å². The maximum Gasteiger partial charge on any atom is 0.151 e. The van der Waals surface area contributed by atoms with Gasteiger partial charge in [0.2, 0.25) is 0 Å². The summed E-state index contributed by atoms with van der Waals surface area (Å²) in [5, 5.41) is 0.458. The summed E-state index contributed by atoms with van der Waals surface area (Å²) in [5.74, 6) is 0.936. The molecule has 3 aromatic rings. The fraction of sp³-hybridized carbons (Fsp3) is 0.267. The lowest BCUT2D eigenvalue weighted by atomic mass is 10.2. The number of rotatable bonds is 2. The lowest BCUT2D eigenvalue weighted by molar-refractivity contribution is 0.821. The first-order chi connectivity index (χ1) is 9.56. The van der Waals surface area contributed by atoms with Crippen molar-refractivity contribution in [3.8, 4) is 0 Å². The Kier molecular flexibility index (Phi) is 3.18. The highest BCUT2D eigenvalue weighted by molar-refractivity contribution is 6.30. The summed E-state index contributed by atoms with van der Waals surface area (Å²) < 4.78 is 2.07. The zero-order chi connectivity index (χ0) is 14.3. The Morgan fingerprint density at radius 2 is 1.75 bits per heavy atom. The van der Waals surface area contributed by atoms with Gasteiger partial charge in [0.1, 0.15) is 5.82 Å². The number of aromatic nitrogens is 4. The van der Waals surface area contributed by atoms with Crippen LogP contribution in [0.5, 0.6) is 0 Å². The predicted octanol–water partition coefficient (Wildman–Crippen LogP) is 3.22. The van der Waals surface area contributed by atoms with Gasteiger partial charge in [0.15, 0.2) is 5.15 Å². The van der Waals surface area contributed by atoms with Crippen molar-refractivity contribution in [2.75, 3.05) is 0 Å². The van der Waals surface area contributed by atoms with Gasteiger partial charge in [-0.25, -0.2) is 9.97 Å². The molecule has 0 aliphatic rings. The summed E-state index contributed by atoms with van der Waals surface area (Å²) in [6.45, 7) is 3.85. The molecule has 5 heteroatoms. The second kappa shape index (κ2) is 4.87. The first-order valence-electron chi connectivity index (χ1n) is 6.46. The van der Waals surface area contributed by atoms with Crippen LogP contribution in [0, 0.1) is 13.8 Å².